The first-order valence-corrected chi connectivity index (χ1v) is 12.6. The summed E-state index contributed by atoms with van der Waals surface area (Å²) in [6, 6.07) is -1.15. The average molecular weight is 556 g/mol. The Labute approximate surface area is 212 Å². The van der Waals surface area contributed by atoms with Crippen LogP contribution in [0.3, 0.4) is 0 Å². The smallest absolute Gasteiger partial charge is 0.363 e. The second-order valence-corrected chi connectivity index (χ2v) is 10.7. The van der Waals surface area contributed by atoms with E-state index in [1.54, 1.807) is 37.5 Å². The van der Waals surface area contributed by atoms with Crippen LogP contribution in [-0.2, 0) is 14.2 Å². The van der Waals surface area contributed by atoms with Gasteiger partial charge in [0.05, 0.1) is 25.3 Å². The Morgan fingerprint density at radius 3 is 1.38 bits per heavy atom. The van der Waals surface area contributed by atoms with E-state index in [1.807, 2.05) is 0 Å². The highest BCUT2D eigenvalue weighted by atomic mass is 19.4. The van der Waals surface area contributed by atoms with E-state index in [4.69, 9.17) is 9.47 Å². The van der Waals surface area contributed by atoms with Crippen LogP contribution in [0.4, 0.5) is 35.1 Å². The lowest BCUT2D eigenvalue weighted by Crippen LogP contribution is -2.59. The van der Waals surface area contributed by atoms with Gasteiger partial charge in [0.15, 0.2) is 12.2 Å². The van der Waals surface area contributed by atoms with E-state index in [2.05, 4.69) is 4.74 Å². The number of hydrogen-bond donors (Lipinski definition) is 0. The van der Waals surface area contributed by atoms with Gasteiger partial charge in [-0.25, -0.2) is 8.78 Å². The molecule has 0 N–H and O–H groups in total. The van der Waals surface area contributed by atoms with Crippen molar-refractivity contribution in [2.45, 2.75) is 108 Å². The van der Waals surface area contributed by atoms with Crippen LogP contribution in [0.25, 0.3) is 0 Å². The van der Waals surface area contributed by atoms with Crippen molar-refractivity contribution in [3.05, 3.63) is 0 Å². The summed E-state index contributed by atoms with van der Waals surface area (Å²) in [5.41, 5.74) is 0. The highest BCUT2D eigenvalue weighted by molar-refractivity contribution is 4.90. The molecule has 0 bridgehead atoms. The summed E-state index contributed by atoms with van der Waals surface area (Å²) in [5, 5.41) is 0. The van der Waals surface area contributed by atoms with Gasteiger partial charge in [-0.3, -0.25) is 14.7 Å². The number of alkyl halides is 8. The third-order valence-corrected chi connectivity index (χ3v) is 7.36. The van der Waals surface area contributed by atoms with Crippen molar-refractivity contribution in [3.8, 4) is 0 Å². The summed E-state index contributed by atoms with van der Waals surface area (Å²) in [6.45, 7) is 6.08. The summed E-state index contributed by atoms with van der Waals surface area (Å²) in [6.07, 6.45) is -18.4. The molecule has 3 saturated heterocycles. The molecule has 3 fully saturated rings. The van der Waals surface area contributed by atoms with Gasteiger partial charge in [-0.1, -0.05) is 0 Å². The zero-order chi connectivity index (χ0) is 27.7. The van der Waals surface area contributed by atoms with E-state index in [0.29, 0.717) is 0 Å². The summed E-state index contributed by atoms with van der Waals surface area (Å²) >= 11 is 0. The van der Waals surface area contributed by atoms with Gasteiger partial charge in [-0.05, 0) is 40.5 Å². The van der Waals surface area contributed by atoms with E-state index in [-0.39, 0.29) is 51.6 Å². The number of hydrogen-bond acceptors (Lipinski definition) is 6. The Bertz CT molecular complexity index is 718. The molecular formula is C23H37F8N3O3. The molecule has 0 aromatic rings. The number of rotatable bonds is 7. The number of ether oxygens (including phenoxy) is 3. The molecule has 6 nitrogen and oxygen atoms in total. The maximum absolute atomic E-state index is 13.7. The van der Waals surface area contributed by atoms with Crippen molar-refractivity contribution in [2.75, 3.05) is 39.3 Å². The SMILES string of the molecule is CC(C)N1CC(CC(C)N2CC(CC(C)N3C[C@H](F)O[C@@H](F)C3)OC(C(F)(F)F)C2)O[C@H](C(F)(F)F)C1. The Morgan fingerprint density at radius 1 is 0.595 bits per heavy atom. The molecule has 3 aliphatic rings. The lowest BCUT2D eigenvalue weighted by molar-refractivity contribution is -0.265. The van der Waals surface area contributed by atoms with Gasteiger partial charge >= 0.3 is 12.4 Å². The normalized spacial score (nSPS) is 35.6. The molecular weight excluding hydrogens is 518 g/mol. The highest BCUT2D eigenvalue weighted by Crippen LogP contribution is 2.33. The third kappa shape index (κ3) is 8.59. The summed E-state index contributed by atoms with van der Waals surface area (Å²) in [5.74, 6) is 0. The molecule has 3 rings (SSSR count). The monoisotopic (exact) mass is 555 g/mol. The first-order valence-electron chi connectivity index (χ1n) is 12.6. The quantitative estimate of drug-likeness (QED) is 0.440. The van der Waals surface area contributed by atoms with Crippen LogP contribution in [-0.4, -0.2) is 122 Å². The molecule has 0 aromatic heterocycles. The molecule has 0 amide bonds. The fourth-order valence-electron chi connectivity index (χ4n) is 5.25. The summed E-state index contributed by atoms with van der Waals surface area (Å²) < 4.78 is 124. The maximum Gasteiger partial charge on any atom is 0.415 e. The minimum Gasteiger partial charge on any atom is -0.363 e. The minimum atomic E-state index is -4.65. The van der Waals surface area contributed by atoms with Crippen LogP contribution in [0.15, 0.2) is 0 Å². The number of morpholine rings is 3. The van der Waals surface area contributed by atoms with Crippen LogP contribution >= 0.6 is 0 Å². The topological polar surface area (TPSA) is 37.4 Å². The Kier molecular flexibility index (Phi) is 10.1. The second kappa shape index (κ2) is 12.2. The maximum atomic E-state index is 13.7. The predicted molar refractivity (Wildman–Crippen MR) is 118 cm³/mol. The van der Waals surface area contributed by atoms with E-state index >= 15 is 0 Å². The van der Waals surface area contributed by atoms with Crippen molar-refractivity contribution < 1.29 is 49.3 Å². The number of nitrogens with zero attached hydrogens (tertiary/aromatic N) is 3. The molecule has 8 atom stereocenters. The molecule has 3 heterocycles. The molecule has 0 aromatic carbocycles. The van der Waals surface area contributed by atoms with E-state index in [9.17, 15) is 35.1 Å². The van der Waals surface area contributed by atoms with Gasteiger partial charge in [-0.15, -0.1) is 0 Å². The predicted octanol–water partition coefficient (Wildman–Crippen LogP) is 4.14. The molecule has 0 saturated carbocycles. The summed E-state index contributed by atoms with van der Waals surface area (Å²) in [4.78, 5) is 4.70. The Hall–Kier alpha value is -0.800. The molecule has 0 aliphatic carbocycles. The zero-order valence-electron chi connectivity index (χ0n) is 21.4. The van der Waals surface area contributed by atoms with Gasteiger partial charge < -0.3 is 14.2 Å². The van der Waals surface area contributed by atoms with Gasteiger partial charge in [0.1, 0.15) is 0 Å². The van der Waals surface area contributed by atoms with E-state index < -0.39 is 68.1 Å². The largest absolute Gasteiger partial charge is 0.415 e. The molecule has 5 unspecified atom stereocenters. The van der Waals surface area contributed by atoms with Crippen LogP contribution in [0.2, 0.25) is 0 Å². The molecule has 0 radical (unpaired) electrons. The Balaban J connectivity index is 1.67. The van der Waals surface area contributed by atoms with Crippen molar-refractivity contribution in [3.63, 3.8) is 0 Å². The Morgan fingerprint density at radius 2 is 0.973 bits per heavy atom. The molecule has 3 aliphatic heterocycles. The van der Waals surface area contributed by atoms with Crippen LogP contribution in [0.5, 0.6) is 0 Å². The fourth-order valence-corrected chi connectivity index (χ4v) is 5.25. The van der Waals surface area contributed by atoms with Gasteiger partial charge in [0, 0.05) is 44.3 Å². The van der Waals surface area contributed by atoms with E-state index in [0.717, 1.165) is 0 Å². The van der Waals surface area contributed by atoms with Crippen molar-refractivity contribution in [1.82, 2.24) is 14.7 Å². The minimum absolute atomic E-state index is 0.0897. The third-order valence-electron chi connectivity index (χ3n) is 7.36. The van der Waals surface area contributed by atoms with Gasteiger partial charge in [0.25, 0.3) is 0 Å². The van der Waals surface area contributed by atoms with Crippen LogP contribution < -0.4 is 0 Å². The first kappa shape index (κ1) is 30.7. The second-order valence-electron chi connectivity index (χ2n) is 10.7. The lowest BCUT2D eigenvalue weighted by Gasteiger charge is -2.45. The van der Waals surface area contributed by atoms with Crippen LogP contribution in [0.1, 0.15) is 40.5 Å². The zero-order valence-corrected chi connectivity index (χ0v) is 21.4. The van der Waals surface area contributed by atoms with Crippen molar-refractivity contribution in [2.24, 2.45) is 0 Å². The van der Waals surface area contributed by atoms with Crippen molar-refractivity contribution in [1.29, 1.82) is 0 Å². The van der Waals surface area contributed by atoms with Crippen LogP contribution in [0, 0.1) is 0 Å². The number of halogens is 8. The average Bonchev–Trinajstić information content (AvgIpc) is 2.76. The van der Waals surface area contributed by atoms with Crippen molar-refractivity contribution >= 4 is 0 Å². The fraction of sp³-hybridized carbons (Fsp3) is 1.00. The molecule has 0 spiro atoms. The molecule has 37 heavy (non-hydrogen) atoms. The van der Waals surface area contributed by atoms with E-state index in [1.165, 1.54) is 4.90 Å². The summed E-state index contributed by atoms with van der Waals surface area (Å²) in [7, 11) is 0. The molecule has 218 valence electrons. The highest BCUT2D eigenvalue weighted by Gasteiger charge is 2.49. The first-order chi connectivity index (χ1) is 17.0. The van der Waals surface area contributed by atoms with Gasteiger partial charge in [0.2, 0.25) is 12.7 Å². The molecule has 14 heteroatoms. The lowest BCUT2D eigenvalue weighted by atomic mass is 10.0. The standard InChI is InChI=1S/C23H37F8N3O3/c1-13(2)32-7-16(35-18(9-32)22(26,27)28)5-14(3)33-8-17(36-19(10-33)23(29,30)31)6-15(4)34-11-20(24)37-21(25)12-34/h13-21H,5-12H2,1-4H3/t14?,15?,16?,17?,18-,19?,20+,21+/m0/s1. The van der Waals surface area contributed by atoms with Gasteiger partial charge in [-0.2, -0.15) is 26.3 Å².